The number of aromatic nitrogens is 3. The molecule has 0 radical (unpaired) electrons. The van der Waals surface area contributed by atoms with Crippen molar-refractivity contribution in [2.45, 2.75) is 39.0 Å². The van der Waals surface area contributed by atoms with E-state index in [1.807, 2.05) is 19.3 Å². The summed E-state index contributed by atoms with van der Waals surface area (Å²) < 4.78 is 35.8. The van der Waals surface area contributed by atoms with E-state index in [0.717, 1.165) is 32.0 Å². The van der Waals surface area contributed by atoms with Gasteiger partial charge in [0.05, 0.1) is 30.2 Å². The number of fused-ring (bicyclic) bond motifs is 1. The number of benzene rings is 1. The number of hydroxylamine groups is 1. The molecule has 2 amide bonds. The molecule has 1 aliphatic heterocycles. The highest BCUT2D eigenvalue weighted by molar-refractivity contribution is 5.95. The average molecular weight is 532 g/mol. The molecule has 38 heavy (non-hydrogen) atoms. The van der Waals surface area contributed by atoms with Gasteiger partial charge in [0.25, 0.3) is 5.91 Å². The quantitative estimate of drug-likeness (QED) is 0.351. The molecular formula is C25H31F2N7O4. The molecule has 13 heteroatoms. The Labute approximate surface area is 218 Å². The second-order valence-electron chi connectivity index (χ2n) is 9.25. The maximum Gasteiger partial charge on any atom is 0.411 e. The summed E-state index contributed by atoms with van der Waals surface area (Å²) in [6.45, 7) is 6.81. The van der Waals surface area contributed by atoms with Crippen LogP contribution in [0.3, 0.4) is 0 Å². The maximum absolute atomic E-state index is 14.7. The third kappa shape index (κ3) is 6.17. The van der Waals surface area contributed by atoms with Crippen LogP contribution < -0.4 is 16.1 Å². The minimum Gasteiger partial charge on any atom is -0.448 e. The van der Waals surface area contributed by atoms with Gasteiger partial charge in [0.2, 0.25) is 0 Å². The fraction of sp³-hybridized carbons (Fsp3) is 0.440. The number of anilines is 3. The zero-order chi connectivity index (χ0) is 27.2. The average Bonchev–Trinajstić information content (AvgIpc) is 3.25. The molecule has 2 aromatic heterocycles. The molecule has 3 N–H and O–H groups in total. The van der Waals surface area contributed by atoms with Gasteiger partial charge in [-0.1, -0.05) is 20.3 Å². The monoisotopic (exact) mass is 531 g/mol. The molecule has 3 aromatic rings. The number of carbonyl (C=O) groups excluding carboxylic acids is 2. The van der Waals surface area contributed by atoms with Crippen LogP contribution >= 0.6 is 0 Å². The van der Waals surface area contributed by atoms with E-state index in [2.05, 4.69) is 30.5 Å². The van der Waals surface area contributed by atoms with Crippen molar-refractivity contribution in [3.05, 3.63) is 47.4 Å². The number of nitrogens with one attached hydrogen (secondary N) is 3. The van der Waals surface area contributed by atoms with Crippen molar-refractivity contribution in [2.75, 3.05) is 44.0 Å². The summed E-state index contributed by atoms with van der Waals surface area (Å²) in [5.41, 5.74) is 3.02. The van der Waals surface area contributed by atoms with E-state index < -0.39 is 29.2 Å². The lowest BCUT2D eigenvalue weighted by Gasteiger charge is -2.25. The smallest absolute Gasteiger partial charge is 0.411 e. The predicted octanol–water partition coefficient (Wildman–Crippen LogP) is 4.20. The Kier molecular flexibility index (Phi) is 8.69. The number of amides is 2. The number of nitrogens with zero attached hydrogens (tertiary/aromatic N) is 4. The standard InChI is InChI=1S/C25H31F2N7O4/c1-15(2)21-20(31-25(36)38-10-9-33-7-5-4-6-8-33)13-34-22(21)23(28-14-29-34)30-19-11-16(24(35)32-37-3)17(26)12-18(19)27/h11-15H,4-10H2,1-3H3,(H,31,36)(H,32,35)(H,28,29,30). The second-order valence-corrected chi connectivity index (χ2v) is 9.25. The number of piperidine rings is 1. The molecule has 0 unspecified atom stereocenters. The minimum absolute atomic E-state index is 0.101. The van der Waals surface area contributed by atoms with Gasteiger partial charge in [-0.3, -0.25) is 19.8 Å². The Balaban J connectivity index is 1.57. The summed E-state index contributed by atoms with van der Waals surface area (Å²) in [7, 11) is 1.20. The Bertz CT molecular complexity index is 1310. The number of hydrogen-bond acceptors (Lipinski definition) is 8. The molecule has 0 saturated carbocycles. The Morgan fingerprint density at radius 1 is 1.11 bits per heavy atom. The van der Waals surface area contributed by atoms with Gasteiger partial charge in [-0.2, -0.15) is 5.10 Å². The number of rotatable bonds is 9. The van der Waals surface area contributed by atoms with E-state index >= 15 is 0 Å². The summed E-state index contributed by atoms with van der Waals surface area (Å²) in [5.74, 6) is -2.76. The highest BCUT2D eigenvalue weighted by atomic mass is 19.1. The first kappa shape index (κ1) is 27.2. The van der Waals surface area contributed by atoms with Gasteiger partial charge < -0.3 is 10.1 Å². The minimum atomic E-state index is -1.05. The van der Waals surface area contributed by atoms with Crippen LogP contribution in [0.2, 0.25) is 0 Å². The van der Waals surface area contributed by atoms with Crippen molar-refractivity contribution in [3.63, 3.8) is 0 Å². The summed E-state index contributed by atoms with van der Waals surface area (Å²) in [4.78, 5) is 35.7. The van der Waals surface area contributed by atoms with Crippen LogP contribution in [0.1, 0.15) is 54.9 Å². The Morgan fingerprint density at radius 2 is 1.87 bits per heavy atom. The topological polar surface area (TPSA) is 122 Å². The van der Waals surface area contributed by atoms with Gasteiger partial charge >= 0.3 is 6.09 Å². The van der Waals surface area contributed by atoms with Gasteiger partial charge in [0, 0.05) is 18.2 Å². The van der Waals surface area contributed by atoms with Crippen molar-refractivity contribution in [1.82, 2.24) is 25.0 Å². The fourth-order valence-corrected chi connectivity index (χ4v) is 4.50. The number of halogens is 2. The molecule has 1 aliphatic rings. The number of hydrogen-bond donors (Lipinski definition) is 3. The van der Waals surface area contributed by atoms with E-state index in [-0.39, 0.29) is 24.0 Å². The lowest BCUT2D eigenvalue weighted by molar-refractivity contribution is 0.0533. The summed E-state index contributed by atoms with van der Waals surface area (Å²) >= 11 is 0. The maximum atomic E-state index is 14.7. The van der Waals surface area contributed by atoms with E-state index in [1.165, 1.54) is 24.4 Å². The molecule has 0 aliphatic carbocycles. The van der Waals surface area contributed by atoms with Gasteiger partial charge in [0.1, 0.15) is 30.1 Å². The van der Waals surface area contributed by atoms with Crippen molar-refractivity contribution in [2.24, 2.45) is 0 Å². The molecule has 11 nitrogen and oxygen atoms in total. The van der Waals surface area contributed by atoms with E-state index in [4.69, 9.17) is 4.74 Å². The van der Waals surface area contributed by atoms with E-state index in [1.54, 1.807) is 6.20 Å². The molecule has 0 bridgehead atoms. The summed E-state index contributed by atoms with van der Waals surface area (Å²) in [5, 5.41) is 9.83. The SMILES string of the molecule is CONC(=O)c1cc(Nc2ncnn3cc(NC(=O)OCCN4CCCCC4)c(C(C)C)c23)c(F)cc1F. The van der Waals surface area contributed by atoms with Crippen LogP contribution in [-0.2, 0) is 9.57 Å². The molecule has 3 heterocycles. The zero-order valence-corrected chi connectivity index (χ0v) is 21.5. The summed E-state index contributed by atoms with van der Waals surface area (Å²) in [6, 6.07) is 1.62. The van der Waals surface area contributed by atoms with E-state index in [0.29, 0.717) is 29.4 Å². The first-order valence-electron chi connectivity index (χ1n) is 12.4. The predicted molar refractivity (Wildman–Crippen MR) is 136 cm³/mol. The van der Waals surface area contributed by atoms with Crippen molar-refractivity contribution < 1.29 is 27.9 Å². The molecular weight excluding hydrogens is 500 g/mol. The second kappa shape index (κ2) is 12.1. The first-order valence-corrected chi connectivity index (χ1v) is 12.4. The highest BCUT2D eigenvalue weighted by Crippen LogP contribution is 2.35. The molecule has 0 atom stereocenters. The largest absolute Gasteiger partial charge is 0.448 e. The number of ether oxygens (including phenoxy) is 1. The molecule has 1 fully saturated rings. The lowest BCUT2D eigenvalue weighted by atomic mass is 10.0. The van der Waals surface area contributed by atoms with Crippen LogP contribution in [0.25, 0.3) is 5.52 Å². The van der Waals surface area contributed by atoms with Crippen LogP contribution in [0.5, 0.6) is 0 Å². The van der Waals surface area contributed by atoms with Gasteiger partial charge in [-0.05, 0) is 37.9 Å². The third-order valence-corrected chi connectivity index (χ3v) is 6.27. The van der Waals surface area contributed by atoms with Gasteiger partial charge in [-0.15, -0.1) is 0 Å². The lowest BCUT2D eigenvalue weighted by Crippen LogP contribution is -2.33. The molecule has 1 aromatic carbocycles. The third-order valence-electron chi connectivity index (χ3n) is 6.27. The number of likely N-dealkylation sites (tertiary alicyclic amines) is 1. The highest BCUT2D eigenvalue weighted by Gasteiger charge is 2.23. The zero-order valence-electron chi connectivity index (χ0n) is 21.5. The van der Waals surface area contributed by atoms with Crippen molar-refractivity contribution >= 4 is 34.7 Å². The van der Waals surface area contributed by atoms with Crippen LogP contribution in [0.15, 0.2) is 24.7 Å². The van der Waals surface area contributed by atoms with Crippen LogP contribution in [-0.4, -0.2) is 64.8 Å². The number of carbonyl (C=O) groups is 2. The van der Waals surface area contributed by atoms with Gasteiger partial charge in [0.15, 0.2) is 5.82 Å². The van der Waals surface area contributed by atoms with Crippen LogP contribution in [0, 0.1) is 11.6 Å². The summed E-state index contributed by atoms with van der Waals surface area (Å²) in [6.07, 6.45) is 5.81. The Hall–Kier alpha value is -3.84. The fourth-order valence-electron chi connectivity index (χ4n) is 4.50. The molecule has 4 rings (SSSR count). The molecule has 204 valence electrons. The first-order chi connectivity index (χ1) is 18.3. The van der Waals surface area contributed by atoms with Crippen LogP contribution in [0.4, 0.5) is 30.8 Å². The molecule has 0 spiro atoms. The van der Waals surface area contributed by atoms with E-state index in [9.17, 15) is 18.4 Å². The van der Waals surface area contributed by atoms with Crippen molar-refractivity contribution in [3.8, 4) is 0 Å². The molecule has 1 saturated heterocycles. The normalized spacial score (nSPS) is 14.1. The Morgan fingerprint density at radius 3 is 2.58 bits per heavy atom. The van der Waals surface area contributed by atoms with Crippen molar-refractivity contribution in [1.29, 1.82) is 0 Å². The van der Waals surface area contributed by atoms with Gasteiger partial charge in [-0.25, -0.2) is 28.6 Å².